The third kappa shape index (κ3) is 3.07. The fourth-order valence-corrected chi connectivity index (χ4v) is 3.96. The molecule has 2 saturated carbocycles. The molecule has 0 spiro atoms. The van der Waals surface area contributed by atoms with E-state index in [9.17, 15) is 4.79 Å². The first-order valence-electron chi connectivity index (χ1n) is 10.4. The van der Waals surface area contributed by atoms with E-state index in [1.165, 1.54) is 0 Å². The van der Waals surface area contributed by atoms with Crippen LogP contribution in [0.4, 0.5) is 0 Å². The Bertz CT molecular complexity index is 1240. The SMILES string of the molecule is O=C(NCc1ccccc1-n1cccn1)c1cc(C2CC2)nc2onc(C3CC3)c12. The van der Waals surface area contributed by atoms with Crippen LogP contribution in [-0.2, 0) is 6.54 Å². The highest BCUT2D eigenvalue weighted by Crippen LogP contribution is 2.45. The van der Waals surface area contributed by atoms with Gasteiger partial charge in [-0.2, -0.15) is 5.10 Å². The molecular formula is C23H21N5O2. The standard InChI is InChI=1S/C23H21N5O2/c29-22(24-13-16-4-1-2-5-19(16)28-11-3-10-25-28)17-12-18(14-6-7-14)26-23-20(17)21(27-30-23)15-8-9-15/h1-5,10-12,14-15H,6-9,13H2,(H,24,29). The van der Waals surface area contributed by atoms with E-state index >= 15 is 0 Å². The largest absolute Gasteiger partial charge is 0.348 e. The van der Waals surface area contributed by atoms with Crippen molar-refractivity contribution in [2.45, 2.75) is 44.1 Å². The van der Waals surface area contributed by atoms with Gasteiger partial charge in [0.25, 0.3) is 11.6 Å². The van der Waals surface area contributed by atoms with Crippen LogP contribution >= 0.6 is 0 Å². The number of rotatable bonds is 6. The number of para-hydroxylation sites is 1. The zero-order valence-electron chi connectivity index (χ0n) is 16.4. The Labute approximate surface area is 173 Å². The van der Waals surface area contributed by atoms with E-state index < -0.39 is 0 Å². The van der Waals surface area contributed by atoms with E-state index in [1.54, 1.807) is 6.20 Å². The van der Waals surface area contributed by atoms with Crippen molar-refractivity contribution in [2.75, 3.05) is 0 Å². The van der Waals surface area contributed by atoms with Crippen LogP contribution in [0.2, 0.25) is 0 Å². The number of nitrogens with one attached hydrogen (secondary N) is 1. The van der Waals surface area contributed by atoms with Gasteiger partial charge in [0.1, 0.15) is 0 Å². The van der Waals surface area contributed by atoms with Crippen molar-refractivity contribution in [3.05, 3.63) is 71.3 Å². The highest BCUT2D eigenvalue weighted by atomic mass is 16.5. The molecule has 2 aliphatic rings. The van der Waals surface area contributed by atoms with E-state index in [0.29, 0.717) is 29.7 Å². The summed E-state index contributed by atoms with van der Waals surface area (Å²) in [5.41, 5.74) is 4.87. The van der Waals surface area contributed by atoms with Gasteiger partial charge in [-0.3, -0.25) is 4.79 Å². The van der Waals surface area contributed by atoms with Crippen molar-refractivity contribution >= 4 is 17.0 Å². The second-order valence-electron chi connectivity index (χ2n) is 8.15. The molecule has 2 aliphatic carbocycles. The lowest BCUT2D eigenvalue weighted by Gasteiger charge is -2.12. The molecule has 0 unspecified atom stereocenters. The first-order valence-corrected chi connectivity index (χ1v) is 10.4. The summed E-state index contributed by atoms with van der Waals surface area (Å²) < 4.78 is 7.35. The number of carbonyl (C=O) groups excluding carboxylic acids is 1. The quantitative estimate of drug-likeness (QED) is 0.528. The summed E-state index contributed by atoms with van der Waals surface area (Å²) in [6.45, 7) is 0.404. The minimum absolute atomic E-state index is 0.121. The van der Waals surface area contributed by atoms with Crippen molar-refractivity contribution in [1.82, 2.24) is 25.2 Å². The van der Waals surface area contributed by atoms with Crippen LogP contribution in [-0.4, -0.2) is 25.8 Å². The Balaban J connectivity index is 1.33. The van der Waals surface area contributed by atoms with Crippen LogP contribution in [0.25, 0.3) is 16.8 Å². The molecule has 150 valence electrons. The van der Waals surface area contributed by atoms with Gasteiger partial charge in [-0.05, 0) is 49.4 Å². The minimum atomic E-state index is -0.121. The summed E-state index contributed by atoms with van der Waals surface area (Å²) in [6.07, 6.45) is 8.04. The second-order valence-corrected chi connectivity index (χ2v) is 8.15. The summed E-state index contributed by atoms with van der Waals surface area (Å²) in [4.78, 5) is 17.9. The fourth-order valence-electron chi connectivity index (χ4n) is 3.96. The molecular weight excluding hydrogens is 378 g/mol. The Morgan fingerprint density at radius 1 is 1.13 bits per heavy atom. The Kier molecular flexibility index (Phi) is 3.94. The molecule has 4 aromatic rings. The van der Waals surface area contributed by atoms with Gasteiger partial charge in [-0.15, -0.1) is 0 Å². The molecule has 0 saturated heterocycles. The van der Waals surface area contributed by atoms with Crippen LogP contribution < -0.4 is 5.32 Å². The van der Waals surface area contributed by atoms with Crippen LogP contribution in [0.15, 0.2) is 53.3 Å². The highest BCUT2D eigenvalue weighted by molar-refractivity contribution is 6.06. The maximum atomic E-state index is 13.3. The van der Waals surface area contributed by atoms with E-state index in [2.05, 4.69) is 20.6 Å². The molecule has 0 atom stereocenters. The number of hydrogen-bond acceptors (Lipinski definition) is 5. The van der Waals surface area contributed by atoms with Crippen LogP contribution in [0, 0.1) is 0 Å². The third-order valence-corrected chi connectivity index (χ3v) is 5.88. The summed E-state index contributed by atoms with van der Waals surface area (Å²) in [7, 11) is 0. The van der Waals surface area contributed by atoms with Crippen LogP contribution in [0.5, 0.6) is 0 Å². The van der Waals surface area contributed by atoms with E-state index in [-0.39, 0.29) is 5.91 Å². The monoisotopic (exact) mass is 399 g/mol. The molecule has 2 fully saturated rings. The number of fused-ring (bicyclic) bond motifs is 1. The van der Waals surface area contributed by atoms with Gasteiger partial charge < -0.3 is 9.84 Å². The first kappa shape index (κ1) is 17.4. The Morgan fingerprint density at radius 2 is 1.97 bits per heavy atom. The summed E-state index contributed by atoms with van der Waals surface area (Å²) in [5, 5.41) is 12.4. The van der Waals surface area contributed by atoms with Gasteiger partial charge in [-0.25, -0.2) is 9.67 Å². The average Bonchev–Trinajstić information content (AvgIpc) is 3.71. The predicted molar refractivity (Wildman–Crippen MR) is 110 cm³/mol. The molecule has 3 aromatic heterocycles. The number of pyridine rings is 1. The smallest absolute Gasteiger partial charge is 0.259 e. The number of aromatic nitrogens is 4. The number of hydrogen-bond donors (Lipinski definition) is 1. The lowest BCUT2D eigenvalue weighted by atomic mass is 10.0. The predicted octanol–water partition coefficient (Wildman–Crippen LogP) is 4.09. The molecule has 6 rings (SSSR count). The average molecular weight is 399 g/mol. The Hall–Kier alpha value is -3.48. The van der Waals surface area contributed by atoms with E-state index in [4.69, 9.17) is 4.52 Å². The van der Waals surface area contributed by atoms with Gasteiger partial charge in [0.15, 0.2) is 0 Å². The molecule has 7 heteroatoms. The van der Waals surface area contributed by atoms with Gasteiger partial charge in [-0.1, -0.05) is 23.4 Å². The van der Waals surface area contributed by atoms with Crippen LogP contribution in [0.1, 0.15) is 64.8 Å². The molecule has 1 amide bonds. The van der Waals surface area contributed by atoms with Crippen LogP contribution in [0.3, 0.4) is 0 Å². The summed E-state index contributed by atoms with van der Waals surface area (Å²) in [5.74, 6) is 0.688. The molecule has 1 N–H and O–H groups in total. The van der Waals surface area contributed by atoms with Crippen molar-refractivity contribution in [3.63, 3.8) is 0 Å². The van der Waals surface area contributed by atoms with Gasteiger partial charge in [0, 0.05) is 36.5 Å². The van der Waals surface area contributed by atoms with E-state index in [1.807, 2.05) is 47.3 Å². The topological polar surface area (TPSA) is 85.8 Å². The zero-order valence-corrected chi connectivity index (χ0v) is 16.4. The van der Waals surface area contributed by atoms with Crippen molar-refractivity contribution in [2.24, 2.45) is 0 Å². The minimum Gasteiger partial charge on any atom is -0.348 e. The number of carbonyl (C=O) groups is 1. The lowest BCUT2D eigenvalue weighted by molar-refractivity contribution is 0.0952. The first-order chi connectivity index (χ1) is 14.8. The zero-order chi connectivity index (χ0) is 20.1. The molecule has 1 aromatic carbocycles. The molecule has 0 bridgehead atoms. The molecule has 30 heavy (non-hydrogen) atoms. The van der Waals surface area contributed by atoms with Crippen molar-refractivity contribution < 1.29 is 9.32 Å². The summed E-state index contributed by atoms with van der Waals surface area (Å²) in [6, 6.07) is 11.8. The maximum absolute atomic E-state index is 13.3. The summed E-state index contributed by atoms with van der Waals surface area (Å²) >= 11 is 0. The third-order valence-electron chi connectivity index (χ3n) is 5.88. The Morgan fingerprint density at radius 3 is 2.73 bits per heavy atom. The highest BCUT2D eigenvalue weighted by Gasteiger charge is 2.34. The van der Waals surface area contributed by atoms with Gasteiger partial charge >= 0.3 is 0 Å². The fraction of sp³-hybridized carbons (Fsp3) is 0.304. The van der Waals surface area contributed by atoms with Gasteiger partial charge in [0.05, 0.1) is 22.3 Å². The van der Waals surface area contributed by atoms with E-state index in [0.717, 1.165) is 53.7 Å². The van der Waals surface area contributed by atoms with Crippen molar-refractivity contribution in [3.8, 4) is 5.69 Å². The molecule has 0 aliphatic heterocycles. The number of benzene rings is 1. The van der Waals surface area contributed by atoms with Crippen molar-refractivity contribution in [1.29, 1.82) is 0 Å². The lowest BCUT2D eigenvalue weighted by Crippen LogP contribution is -2.24. The number of nitrogens with zero attached hydrogens (tertiary/aromatic N) is 4. The second kappa shape index (κ2) is 6.79. The number of amides is 1. The molecule has 7 nitrogen and oxygen atoms in total. The van der Waals surface area contributed by atoms with Gasteiger partial charge in [0.2, 0.25) is 0 Å². The maximum Gasteiger partial charge on any atom is 0.259 e. The molecule has 0 radical (unpaired) electrons. The molecule has 3 heterocycles. The normalized spacial score (nSPS) is 16.1.